The van der Waals surface area contributed by atoms with Gasteiger partial charge in [0, 0.05) is 19.3 Å². The Morgan fingerprint density at radius 1 is 0.452 bits per heavy atom. The van der Waals surface area contributed by atoms with Crippen LogP contribution in [0.3, 0.4) is 0 Å². The number of hydrogen-bond acceptors (Lipinski definition) is 11. The van der Waals surface area contributed by atoms with Crippen LogP contribution in [0.2, 0.25) is 0 Å². The van der Waals surface area contributed by atoms with Crippen molar-refractivity contribution in [2.24, 2.45) is 0 Å². The first kappa shape index (κ1) is 68.0. The number of carbonyl (C=O) groups is 4. The van der Waals surface area contributed by atoms with Crippen LogP contribution in [0.1, 0.15) is 278 Å². The van der Waals surface area contributed by atoms with E-state index in [1.807, 2.05) is 0 Å². The Kier molecular flexibility index (Phi) is 46.4. The zero-order chi connectivity index (χ0) is 53.3. The molecule has 12 nitrogen and oxygen atoms in total. The summed E-state index contributed by atoms with van der Waals surface area (Å²) in [5.41, 5.74) is 0. The molecule has 12 heteroatoms. The molecular weight excluding hydrogens is 925 g/mol. The molecule has 73 heavy (non-hydrogen) atoms. The van der Waals surface area contributed by atoms with Crippen molar-refractivity contribution in [2.45, 2.75) is 314 Å². The van der Waals surface area contributed by atoms with Gasteiger partial charge in [0.2, 0.25) is 0 Å². The van der Waals surface area contributed by atoms with E-state index in [1.165, 1.54) is 116 Å². The van der Waals surface area contributed by atoms with Gasteiger partial charge in [-0.15, -0.1) is 0 Å². The molecule has 3 N–H and O–H groups in total. The number of carbonyl (C=O) groups excluding carboxylic acids is 3. The molecule has 0 bridgehead atoms. The van der Waals surface area contributed by atoms with E-state index < -0.39 is 67.3 Å². The first-order valence-corrected chi connectivity index (χ1v) is 30.0. The minimum Gasteiger partial charge on any atom is -0.479 e. The van der Waals surface area contributed by atoms with Crippen molar-refractivity contribution in [3.63, 3.8) is 0 Å². The number of aliphatic hydroxyl groups excluding tert-OH is 2. The normalized spacial score (nSPS) is 18.5. The molecular formula is C61H108O12. The zero-order valence-corrected chi connectivity index (χ0v) is 46.6. The Balaban J connectivity index is 2.68. The summed E-state index contributed by atoms with van der Waals surface area (Å²) in [6.45, 7) is 5.95. The van der Waals surface area contributed by atoms with Crippen LogP contribution in [0, 0.1) is 0 Å². The van der Waals surface area contributed by atoms with Gasteiger partial charge in [0.1, 0.15) is 18.8 Å². The molecule has 1 aliphatic heterocycles. The highest BCUT2D eigenvalue weighted by atomic mass is 16.7. The Morgan fingerprint density at radius 3 is 1.29 bits per heavy atom. The third-order valence-electron chi connectivity index (χ3n) is 13.7. The third kappa shape index (κ3) is 39.9. The molecule has 0 aromatic rings. The van der Waals surface area contributed by atoms with Gasteiger partial charge < -0.3 is 39.0 Å². The van der Waals surface area contributed by atoms with E-state index in [4.69, 9.17) is 23.7 Å². The monoisotopic (exact) mass is 1030 g/mol. The van der Waals surface area contributed by atoms with Gasteiger partial charge in [-0.25, -0.2) is 4.79 Å². The number of aliphatic carboxylic acids is 1. The fraction of sp³-hybridized carbons (Fsp3) is 0.836. The first-order chi connectivity index (χ1) is 35.6. The molecule has 424 valence electrons. The molecule has 0 radical (unpaired) electrons. The summed E-state index contributed by atoms with van der Waals surface area (Å²) in [5, 5.41) is 31.5. The second-order valence-electron chi connectivity index (χ2n) is 20.6. The summed E-state index contributed by atoms with van der Waals surface area (Å²) in [4.78, 5) is 51.1. The number of carboxylic acids is 1. The number of rotatable bonds is 51. The van der Waals surface area contributed by atoms with Crippen molar-refractivity contribution >= 4 is 23.9 Å². The highest BCUT2D eigenvalue weighted by Crippen LogP contribution is 2.26. The van der Waals surface area contributed by atoms with Gasteiger partial charge in [0.05, 0.1) is 6.61 Å². The Morgan fingerprint density at radius 2 is 0.822 bits per heavy atom. The average Bonchev–Trinajstić information content (AvgIpc) is 3.37. The first-order valence-electron chi connectivity index (χ1n) is 30.0. The minimum atomic E-state index is -1.90. The van der Waals surface area contributed by atoms with Gasteiger partial charge >= 0.3 is 23.9 Å². The number of unbranched alkanes of at least 4 members (excludes halogenated alkanes) is 31. The minimum absolute atomic E-state index is 0.0637. The molecule has 0 aromatic heterocycles. The number of allylic oxidation sites excluding steroid dienone is 6. The SMILES string of the molecule is CCCCC/C=C\C/C=C\CCCCCCCCCC(=O)OCC(COC1OC(C(=O)O)C(O)C(O)C1OC(=O)CCCCCCCCCCCCCCC)OC(=O)CCCCCCC/C=C\CCCCCC. The van der Waals surface area contributed by atoms with E-state index in [0.717, 1.165) is 103 Å². The molecule has 0 amide bonds. The number of aliphatic hydroxyl groups is 2. The van der Waals surface area contributed by atoms with Gasteiger partial charge in [-0.3, -0.25) is 14.4 Å². The third-order valence-corrected chi connectivity index (χ3v) is 13.7. The second-order valence-corrected chi connectivity index (χ2v) is 20.6. The quantitative estimate of drug-likeness (QED) is 0.0228. The molecule has 1 fully saturated rings. The van der Waals surface area contributed by atoms with Crippen molar-refractivity contribution in [1.82, 2.24) is 0 Å². The van der Waals surface area contributed by atoms with Crippen LogP contribution >= 0.6 is 0 Å². The molecule has 6 atom stereocenters. The smallest absolute Gasteiger partial charge is 0.335 e. The number of ether oxygens (including phenoxy) is 5. The largest absolute Gasteiger partial charge is 0.479 e. The van der Waals surface area contributed by atoms with E-state index in [2.05, 4.69) is 57.2 Å². The fourth-order valence-corrected chi connectivity index (χ4v) is 9.04. The average molecular weight is 1030 g/mol. The van der Waals surface area contributed by atoms with Crippen molar-refractivity contribution in [3.05, 3.63) is 36.5 Å². The number of carboxylic acid groups (broad SMARTS) is 1. The standard InChI is InChI=1S/C61H108O12/c1-4-7-10-13-16-19-22-25-26-27-28-31-32-35-38-41-44-47-53(62)69-50-52(71-54(63)48-45-42-39-36-33-29-23-20-17-14-11-8-5-2)51-70-61-59(57(66)56(65)58(73-61)60(67)68)72-55(64)49-46-43-40-37-34-30-24-21-18-15-12-9-6-3/h16,19-20,23,25-26,52,56-59,61,65-66H,4-15,17-18,21-22,24,27-51H2,1-3H3,(H,67,68)/b19-16-,23-20-,26-25-. The van der Waals surface area contributed by atoms with Crippen molar-refractivity contribution in [3.8, 4) is 0 Å². The molecule has 1 rings (SSSR count). The number of esters is 3. The lowest BCUT2D eigenvalue weighted by Crippen LogP contribution is -2.61. The van der Waals surface area contributed by atoms with E-state index in [9.17, 15) is 34.5 Å². The van der Waals surface area contributed by atoms with Gasteiger partial charge in [-0.2, -0.15) is 0 Å². The van der Waals surface area contributed by atoms with Crippen molar-refractivity contribution in [2.75, 3.05) is 13.2 Å². The predicted octanol–water partition coefficient (Wildman–Crippen LogP) is 15.2. The molecule has 1 aliphatic rings. The Bertz CT molecular complexity index is 1410. The lowest BCUT2D eigenvalue weighted by Gasteiger charge is -2.40. The van der Waals surface area contributed by atoms with E-state index in [-0.39, 0.29) is 25.9 Å². The van der Waals surface area contributed by atoms with Crippen LogP contribution in [-0.4, -0.2) is 89.2 Å². The topological polar surface area (TPSA) is 175 Å². The summed E-state index contributed by atoms with van der Waals surface area (Å²) < 4.78 is 28.4. The van der Waals surface area contributed by atoms with Crippen LogP contribution in [-0.2, 0) is 42.9 Å². The van der Waals surface area contributed by atoms with E-state index in [0.29, 0.717) is 19.3 Å². The van der Waals surface area contributed by atoms with Gasteiger partial charge in [0.25, 0.3) is 0 Å². The molecule has 6 unspecified atom stereocenters. The lowest BCUT2D eigenvalue weighted by molar-refractivity contribution is -0.301. The molecule has 0 aliphatic carbocycles. The van der Waals surface area contributed by atoms with Gasteiger partial charge in [-0.05, 0) is 77.0 Å². The van der Waals surface area contributed by atoms with Crippen LogP contribution in [0.4, 0.5) is 0 Å². The van der Waals surface area contributed by atoms with Crippen molar-refractivity contribution < 1.29 is 58.2 Å². The molecule has 1 heterocycles. The molecule has 0 spiro atoms. The summed E-state index contributed by atoms with van der Waals surface area (Å²) in [7, 11) is 0. The maximum Gasteiger partial charge on any atom is 0.335 e. The summed E-state index contributed by atoms with van der Waals surface area (Å²) in [6.07, 6.45) is 45.4. The van der Waals surface area contributed by atoms with Crippen molar-refractivity contribution in [1.29, 1.82) is 0 Å². The fourth-order valence-electron chi connectivity index (χ4n) is 9.04. The maximum absolute atomic E-state index is 13.1. The number of hydrogen-bond donors (Lipinski definition) is 3. The maximum atomic E-state index is 13.1. The second kappa shape index (κ2) is 49.8. The summed E-state index contributed by atoms with van der Waals surface area (Å²) >= 11 is 0. The van der Waals surface area contributed by atoms with E-state index in [1.54, 1.807) is 0 Å². The van der Waals surface area contributed by atoms with E-state index >= 15 is 0 Å². The Labute approximate surface area is 444 Å². The van der Waals surface area contributed by atoms with Crippen LogP contribution in [0.25, 0.3) is 0 Å². The van der Waals surface area contributed by atoms with Gasteiger partial charge in [0.15, 0.2) is 24.6 Å². The molecule has 0 saturated carbocycles. The van der Waals surface area contributed by atoms with Gasteiger partial charge in [-0.1, -0.05) is 218 Å². The highest BCUT2D eigenvalue weighted by molar-refractivity contribution is 5.74. The summed E-state index contributed by atoms with van der Waals surface area (Å²) in [5.74, 6) is -3.12. The lowest BCUT2D eigenvalue weighted by atomic mass is 9.98. The van der Waals surface area contributed by atoms with Crippen LogP contribution in [0.5, 0.6) is 0 Å². The summed E-state index contributed by atoms with van der Waals surface area (Å²) in [6, 6.07) is 0. The highest BCUT2D eigenvalue weighted by Gasteiger charge is 2.50. The zero-order valence-electron chi connectivity index (χ0n) is 46.6. The molecule has 1 saturated heterocycles. The van der Waals surface area contributed by atoms with Crippen LogP contribution < -0.4 is 0 Å². The predicted molar refractivity (Wildman–Crippen MR) is 294 cm³/mol. The van der Waals surface area contributed by atoms with Crippen LogP contribution in [0.15, 0.2) is 36.5 Å². The molecule has 0 aromatic carbocycles. The Hall–Kier alpha value is -3.06.